The summed E-state index contributed by atoms with van der Waals surface area (Å²) in [5.41, 5.74) is 8.30. The second-order valence-electron chi connectivity index (χ2n) is 8.75. The Labute approximate surface area is 201 Å². The minimum atomic E-state index is 0.214. The molecule has 0 fully saturated rings. The number of rotatable bonds is 3. The van der Waals surface area contributed by atoms with Gasteiger partial charge in [0.25, 0.3) is 0 Å². The third kappa shape index (κ3) is 3.11. The molecular formula is C31H21N3O. The molecule has 0 bridgehead atoms. The Kier molecular flexibility index (Phi) is 4.26. The molecule has 0 radical (unpaired) electrons. The van der Waals surface area contributed by atoms with Gasteiger partial charge in [0.2, 0.25) is 0 Å². The lowest BCUT2D eigenvalue weighted by Crippen LogP contribution is -1.93. The van der Waals surface area contributed by atoms with Gasteiger partial charge in [-0.05, 0) is 71.8 Å². The molecule has 2 heterocycles. The van der Waals surface area contributed by atoms with Gasteiger partial charge in [-0.2, -0.15) is 0 Å². The van der Waals surface area contributed by atoms with Crippen LogP contribution in [0.5, 0.6) is 5.75 Å². The predicted octanol–water partition coefficient (Wildman–Crippen LogP) is 7.70. The minimum Gasteiger partial charge on any atom is -0.508 e. The average Bonchev–Trinajstić information content (AvgIpc) is 3.48. The fourth-order valence-corrected chi connectivity index (χ4v) is 5.06. The number of H-pyrrole nitrogens is 1. The number of phenols is 1. The van der Waals surface area contributed by atoms with Gasteiger partial charge < -0.3 is 14.7 Å². The van der Waals surface area contributed by atoms with Crippen LogP contribution in [0.2, 0.25) is 0 Å². The van der Waals surface area contributed by atoms with Gasteiger partial charge in [-0.3, -0.25) is 0 Å². The molecule has 0 spiro atoms. The number of aromatic nitrogens is 3. The highest BCUT2D eigenvalue weighted by Gasteiger charge is 2.16. The molecule has 7 aromatic rings. The van der Waals surface area contributed by atoms with E-state index in [0.29, 0.717) is 0 Å². The maximum atomic E-state index is 10.3. The lowest BCUT2D eigenvalue weighted by molar-refractivity contribution is 0.475. The summed E-state index contributed by atoms with van der Waals surface area (Å²) in [5.74, 6) is 0.954. The van der Waals surface area contributed by atoms with Crippen LogP contribution in [0.15, 0.2) is 115 Å². The molecule has 0 saturated carbocycles. The number of fused-ring (bicyclic) bond motifs is 4. The highest BCUT2D eigenvalue weighted by molar-refractivity contribution is 6.10. The van der Waals surface area contributed by atoms with E-state index in [9.17, 15) is 5.11 Å². The standard InChI is InChI=1S/C31H21N3O/c35-22-15-16-23(26(19-22)31-32-27-11-5-6-12-28(27)33-31)20-14-17-30-25(18-20)24-10-4-7-13-29(24)34(30)21-8-2-1-3-9-21/h1-19,35H,(H,32,33). The SMILES string of the molecule is Oc1ccc(-c2ccc3c(c2)c2ccccc2n3-c2ccccc2)c(-c2nc3ccccc3[nH]2)c1. The van der Waals surface area contributed by atoms with Crippen LogP contribution in [0.25, 0.3) is 61.0 Å². The second-order valence-corrected chi connectivity index (χ2v) is 8.75. The van der Waals surface area contributed by atoms with Gasteiger partial charge in [0, 0.05) is 22.0 Å². The number of para-hydroxylation sites is 4. The number of aromatic amines is 1. The topological polar surface area (TPSA) is 53.8 Å². The molecule has 2 aromatic heterocycles. The molecule has 0 aliphatic heterocycles. The van der Waals surface area contributed by atoms with Crippen molar-refractivity contribution in [3.05, 3.63) is 115 Å². The zero-order valence-corrected chi connectivity index (χ0v) is 18.8. The van der Waals surface area contributed by atoms with E-state index in [-0.39, 0.29) is 5.75 Å². The van der Waals surface area contributed by atoms with E-state index in [1.807, 2.05) is 36.4 Å². The van der Waals surface area contributed by atoms with Crippen molar-refractivity contribution in [1.29, 1.82) is 0 Å². The van der Waals surface area contributed by atoms with Crippen molar-refractivity contribution in [3.8, 4) is 34.0 Å². The van der Waals surface area contributed by atoms with Gasteiger partial charge in [0.15, 0.2) is 0 Å². The summed E-state index contributed by atoms with van der Waals surface area (Å²) in [4.78, 5) is 8.21. The highest BCUT2D eigenvalue weighted by Crippen LogP contribution is 2.38. The summed E-state index contributed by atoms with van der Waals surface area (Å²) in [7, 11) is 0. The van der Waals surface area contributed by atoms with E-state index in [2.05, 4.69) is 76.3 Å². The van der Waals surface area contributed by atoms with Crippen LogP contribution in [-0.4, -0.2) is 19.6 Å². The number of imidazole rings is 1. The number of hydrogen-bond donors (Lipinski definition) is 2. The molecule has 0 atom stereocenters. The number of nitrogens with zero attached hydrogens (tertiary/aromatic N) is 2. The fraction of sp³-hybridized carbons (Fsp3) is 0. The third-order valence-electron chi connectivity index (χ3n) is 6.65. The van der Waals surface area contributed by atoms with Crippen LogP contribution in [-0.2, 0) is 0 Å². The summed E-state index contributed by atoms with van der Waals surface area (Å²) in [6, 6.07) is 39.0. The van der Waals surface area contributed by atoms with E-state index < -0.39 is 0 Å². The number of hydrogen-bond acceptors (Lipinski definition) is 2. The van der Waals surface area contributed by atoms with Gasteiger partial charge in [0.1, 0.15) is 11.6 Å². The summed E-state index contributed by atoms with van der Waals surface area (Å²) in [5, 5.41) is 12.7. The first kappa shape index (κ1) is 19.6. The van der Waals surface area contributed by atoms with E-state index in [0.717, 1.165) is 44.8 Å². The third-order valence-corrected chi connectivity index (χ3v) is 6.65. The van der Waals surface area contributed by atoms with E-state index in [1.165, 1.54) is 16.3 Å². The Bertz CT molecular complexity index is 1830. The van der Waals surface area contributed by atoms with Crippen LogP contribution in [0.4, 0.5) is 0 Å². The fourth-order valence-electron chi connectivity index (χ4n) is 5.06. The summed E-state index contributed by atoms with van der Waals surface area (Å²) in [6.45, 7) is 0. The molecule has 7 rings (SSSR count). The largest absolute Gasteiger partial charge is 0.508 e. The molecule has 5 aromatic carbocycles. The molecule has 0 aliphatic carbocycles. The Morgan fingerprint density at radius 2 is 1.40 bits per heavy atom. The molecule has 2 N–H and O–H groups in total. The molecular weight excluding hydrogens is 430 g/mol. The molecule has 166 valence electrons. The normalized spacial score (nSPS) is 11.5. The zero-order chi connectivity index (χ0) is 23.4. The van der Waals surface area contributed by atoms with Gasteiger partial charge in [-0.1, -0.05) is 54.6 Å². The monoisotopic (exact) mass is 451 g/mol. The summed E-state index contributed by atoms with van der Waals surface area (Å²) >= 11 is 0. The molecule has 0 amide bonds. The Hall–Kier alpha value is -4.83. The first-order chi connectivity index (χ1) is 17.3. The van der Waals surface area contributed by atoms with Crippen molar-refractivity contribution in [3.63, 3.8) is 0 Å². The van der Waals surface area contributed by atoms with Crippen molar-refractivity contribution >= 4 is 32.8 Å². The van der Waals surface area contributed by atoms with E-state index >= 15 is 0 Å². The van der Waals surface area contributed by atoms with Crippen molar-refractivity contribution in [2.24, 2.45) is 0 Å². The Morgan fingerprint density at radius 3 is 2.29 bits per heavy atom. The second kappa shape index (κ2) is 7.61. The minimum absolute atomic E-state index is 0.214. The van der Waals surface area contributed by atoms with Gasteiger partial charge in [-0.15, -0.1) is 0 Å². The first-order valence-electron chi connectivity index (χ1n) is 11.6. The maximum Gasteiger partial charge on any atom is 0.139 e. The van der Waals surface area contributed by atoms with Crippen molar-refractivity contribution in [2.45, 2.75) is 0 Å². The van der Waals surface area contributed by atoms with Crippen LogP contribution < -0.4 is 0 Å². The molecule has 4 nitrogen and oxygen atoms in total. The number of phenolic OH excluding ortho intramolecular Hbond substituents is 1. The van der Waals surface area contributed by atoms with Crippen molar-refractivity contribution in [2.75, 3.05) is 0 Å². The van der Waals surface area contributed by atoms with Gasteiger partial charge in [0.05, 0.1) is 22.1 Å². The smallest absolute Gasteiger partial charge is 0.139 e. The van der Waals surface area contributed by atoms with Crippen LogP contribution in [0, 0.1) is 0 Å². The van der Waals surface area contributed by atoms with E-state index in [4.69, 9.17) is 4.98 Å². The molecule has 0 saturated heterocycles. The molecule has 0 aliphatic rings. The van der Waals surface area contributed by atoms with Crippen molar-refractivity contribution < 1.29 is 5.11 Å². The lowest BCUT2D eigenvalue weighted by atomic mass is 9.97. The Morgan fingerprint density at radius 1 is 0.629 bits per heavy atom. The average molecular weight is 452 g/mol. The van der Waals surface area contributed by atoms with Crippen LogP contribution in [0.3, 0.4) is 0 Å². The summed E-state index contributed by atoms with van der Waals surface area (Å²) < 4.78 is 2.31. The van der Waals surface area contributed by atoms with Crippen molar-refractivity contribution in [1.82, 2.24) is 14.5 Å². The van der Waals surface area contributed by atoms with E-state index in [1.54, 1.807) is 12.1 Å². The van der Waals surface area contributed by atoms with Crippen LogP contribution in [0.1, 0.15) is 0 Å². The highest BCUT2D eigenvalue weighted by atomic mass is 16.3. The number of benzene rings is 5. The molecule has 0 unspecified atom stereocenters. The number of aromatic hydroxyl groups is 1. The lowest BCUT2D eigenvalue weighted by Gasteiger charge is -2.10. The quantitative estimate of drug-likeness (QED) is 0.289. The molecule has 35 heavy (non-hydrogen) atoms. The Balaban J connectivity index is 1.48. The maximum absolute atomic E-state index is 10.3. The zero-order valence-electron chi connectivity index (χ0n) is 18.8. The molecule has 4 heteroatoms. The number of nitrogens with one attached hydrogen (secondary N) is 1. The van der Waals surface area contributed by atoms with Crippen LogP contribution >= 0.6 is 0 Å². The summed E-state index contributed by atoms with van der Waals surface area (Å²) in [6.07, 6.45) is 0. The first-order valence-corrected chi connectivity index (χ1v) is 11.6. The van der Waals surface area contributed by atoms with Gasteiger partial charge in [-0.25, -0.2) is 4.98 Å². The van der Waals surface area contributed by atoms with Gasteiger partial charge >= 0.3 is 0 Å². The predicted molar refractivity (Wildman–Crippen MR) is 143 cm³/mol.